The van der Waals surface area contributed by atoms with E-state index in [0.717, 1.165) is 19.3 Å². The fourth-order valence-corrected chi connectivity index (χ4v) is 4.17. The normalized spacial score (nSPS) is 30.4. The SMILES string of the molecule is O=C(O)C1C2CCC(C2)C1C(=O)Nc1cc(Cl)ccc1Cl. The summed E-state index contributed by atoms with van der Waals surface area (Å²) in [5, 5.41) is 13.0. The van der Waals surface area contributed by atoms with E-state index in [-0.39, 0.29) is 17.7 Å². The molecule has 4 nitrogen and oxygen atoms in total. The van der Waals surface area contributed by atoms with Gasteiger partial charge in [0.1, 0.15) is 0 Å². The Morgan fingerprint density at radius 3 is 2.48 bits per heavy atom. The lowest BCUT2D eigenvalue weighted by Crippen LogP contribution is -2.37. The fourth-order valence-electron chi connectivity index (χ4n) is 3.83. The van der Waals surface area contributed by atoms with Crippen molar-refractivity contribution in [3.05, 3.63) is 28.2 Å². The van der Waals surface area contributed by atoms with Gasteiger partial charge in [0.15, 0.2) is 0 Å². The Balaban J connectivity index is 1.81. The molecule has 6 heteroatoms. The molecule has 0 aliphatic heterocycles. The van der Waals surface area contributed by atoms with Gasteiger partial charge in [-0.15, -0.1) is 0 Å². The number of nitrogens with one attached hydrogen (secondary N) is 1. The van der Waals surface area contributed by atoms with Crippen LogP contribution < -0.4 is 5.32 Å². The Morgan fingerprint density at radius 2 is 1.81 bits per heavy atom. The highest BCUT2D eigenvalue weighted by molar-refractivity contribution is 6.35. The van der Waals surface area contributed by atoms with Crippen LogP contribution in [0.2, 0.25) is 10.0 Å². The summed E-state index contributed by atoms with van der Waals surface area (Å²) in [6.07, 6.45) is 2.66. The van der Waals surface area contributed by atoms with E-state index < -0.39 is 17.8 Å². The highest BCUT2D eigenvalue weighted by atomic mass is 35.5. The fraction of sp³-hybridized carbons (Fsp3) is 0.467. The lowest BCUT2D eigenvalue weighted by atomic mass is 9.78. The summed E-state index contributed by atoms with van der Waals surface area (Å²) in [6, 6.07) is 4.82. The maximum atomic E-state index is 12.5. The van der Waals surface area contributed by atoms with Gasteiger partial charge in [-0.2, -0.15) is 0 Å². The number of benzene rings is 1. The molecule has 1 amide bonds. The third-order valence-corrected chi connectivity index (χ3v) is 5.26. The van der Waals surface area contributed by atoms with Crippen LogP contribution in [0.3, 0.4) is 0 Å². The van der Waals surface area contributed by atoms with Crippen LogP contribution in [0, 0.1) is 23.7 Å². The molecule has 0 heterocycles. The largest absolute Gasteiger partial charge is 0.481 e. The molecule has 2 N–H and O–H groups in total. The van der Waals surface area contributed by atoms with E-state index in [2.05, 4.69) is 5.32 Å². The van der Waals surface area contributed by atoms with Crippen LogP contribution in [0.25, 0.3) is 0 Å². The third-order valence-electron chi connectivity index (χ3n) is 4.69. The van der Waals surface area contributed by atoms with Crippen molar-refractivity contribution in [1.29, 1.82) is 0 Å². The van der Waals surface area contributed by atoms with Gasteiger partial charge >= 0.3 is 5.97 Å². The van der Waals surface area contributed by atoms with Crippen LogP contribution in [0.5, 0.6) is 0 Å². The molecular formula is C15H15Cl2NO3. The van der Waals surface area contributed by atoms with E-state index in [9.17, 15) is 14.7 Å². The molecule has 4 atom stereocenters. The summed E-state index contributed by atoms with van der Waals surface area (Å²) in [5.41, 5.74) is 0.432. The predicted octanol–water partition coefficient (Wildman–Crippen LogP) is 3.68. The van der Waals surface area contributed by atoms with Gasteiger partial charge in [-0.1, -0.05) is 23.2 Å². The van der Waals surface area contributed by atoms with Crippen LogP contribution in [-0.4, -0.2) is 17.0 Å². The number of halogens is 2. The molecule has 2 saturated carbocycles. The molecule has 0 spiro atoms. The minimum Gasteiger partial charge on any atom is -0.481 e. The highest BCUT2D eigenvalue weighted by Crippen LogP contribution is 2.52. The summed E-state index contributed by atoms with van der Waals surface area (Å²) in [6.45, 7) is 0. The average molecular weight is 328 g/mol. The first-order valence-electron chi connectivity index (χ1n) is 6.96. The predicted molar refractivity (Wildman–Crippen MR) is 80.5 cm³/mol. The molecule has 0 aromatic heterocycles. The quantitative estimate of drug-likeness (QED) is 0.889. The summed E-state index contributed by atoms with van der Waals surface area (Å²) >= 11 is 11.9. The van der Waals surface area contributed by atoms with Crippen molar-refractivity contribution in [3.8, 4) is 0 Å². The lowest BCUT2D eigenvalue weighted by molar-refractivity contribution is -0.148. The van der Waals surface area contributed by atoms with E-state index in [0.29, 0.717) is 15.7 Å². The number of carboxylic acid groups (broad SMARTS) is 1. The van der Waals surface area contributed by atoms with Crippen LogP contribution in [-0.2, 0) is 9.59 Å². The Bertz CT molecular complexity index is 605. The molecular weight excluding hydrogens is 313 g/mol. The highest BCUT2D eigenvalue weighted by Gasteiger charge is 2.54. The van der Waals surface area contributed by atoms with Crippen molar-refractivity contribution in [2.24, 2.45) is 23.7 Å². The average Bonchev–Trinajstić information content (AvgIpc) is 3.03. The minimum atomic E-state index is -0.875. The van der Waals surface area contributed by atoms with E-state index >= 15 is 0 Å². The van der Waals surface area contributed by atoms with Gasteiger partial charge < -0.3 is 10.4 Å². The number of carboxylic acids is 1. The first-order valence-corrected chi connectivity index (χ1v) is 7.71. The molecule has 1 aromatic carbocycles. The number of hydrogen-bond acceptors (Lipinski definition) is 2. The summed E-state index contributed by atoms with van der Waals surface area (Å²) in [5.74, 6) is -1.91. The molecule has 112 valence electrons. The molecule has 2 fully saturated rings. The van der Waals surface area contributed by atoms with E-state index in [4.69, 9.17) is 23.2 Å². The Labute approximate surface area is 132 Å². The maximum Gasteiger partial charge on any atom is 0.307 e. The zero-order chi connectivity index (χ0) is 15.1. The van der Waals surface area contributed by atoms with Crippen molar-refractivity contribution in [3.63, 3.8) is 0 Å². The number of aliphatic carboxylic acids is 1. The zero-order valence-corrected chi connectivity index (χ0v) is 12.7. The number of rotatable bonds is 3. The lowest BCUT2D eigenvalue weighted by Gasteiger charge is -2.27. The summed E-state index contributed by atoms with van der Waals surface area (Å²) < 4.78 is 0. The van der Waals surface area contributed by atoms with Crippen LogP contribution >= 0.6 is 23.2 Å². The maximum absolute atomic E-state index is 12.5. The zero-order valence-electron chi connectivity index (χ0n) is 11.2. The molecule has 0 saturated heterocycles. The van der Waals surface area contributed by atoms with Gasteiger partial charge in [0.25, 0.3) is 0 Å². The molecule has 1 aromatic rings. The van der Waals surface area contributed by atoms with E-state index in [1.54, 1.807) is 18.2 Å². The number of hydrogen-bond donors (Lipinski definition) is 2. The van der Waals surface area contributed by atoms with Crippen molar-refractivity contribution < 1.29 is 14.7 Å². The molecule has 0 radical (unpaired) electrons. The first-order chi connectivity index (χ1) is 9.97. The third kappa shape index (κ3) is 2.62. The standard InChI is InChI=1S/C15H15Cl2NO3/c16-9-3-4-10(17)11(6-9)18-14(19)12-7-1-2-8(5-7)13(12)15(20)21/h3-4,6-8,12-13H,1-2,5H2,(H,18,19)(H,20,21). The Hall–Kier alpha value is -1.26. The second-order valence-electron chi connectivity index (χ2n) is 5.84. The van der Waals surface area contributed by atoms with Gasteiger partial charge in [-0.25, -0.2) is 0 Å². The molecule has 2 aliphatic rings. The minimum absolute atomic E-state index is 0.123. The number of anilines is 1. The summed E-state index contributed by atoms with van der Waals surface area (Å²) in [7, 11) is 0. The van der Waals surface area contributed by atoms with Gasteiger partial charge in [-0.05, 0) is 49.3 Å². The number of carbonyl (C=O) groups is 2. The smallest absolute Gasteiger partial charge is 0.307 e. The first kappa shape index (κ1) is 14.7. The molecule has 2 aliphatic carbocycles. The Kier molecular flexibility index (Phi) is 3.84. The molecule has 21 heavy (non-hydrogen) atoms. The van der Waals surface area contributed by atoms with E-state index in [1.165, 1.54) is 0 Å². The second kappa shape index (κ2) is 5.50. The van der Waals surface area contributed by atoms with Crippen LogP contribution in [0.4, 0.5) is 5.69 Å². The Morgan fingerprint density at radius 1 is 1.14 bits per heavy atom. The van der Waals surface area contributed by atoms with Gasteiger partial charge in [0.05, 0.1) is 22.5 Å². The monoisotopic (exact) mass is 327 g/mol. The van der Waals surface area contributed by atoms with E-state index in [1.807, 2.05) is 0 Å². The van der Waals surface area contributed by atoms with Crippen LogP contribution in [0.1, 0.15) is 19.3 Å². The number of fused-ring (bicyclic) bond motifs is 2. The molecule has 3 rings (SSSR count). The number of amides is 1. The van der Waals surface area contributed by atoms with Crippen molar-refractivity contribution in [2.45, 2.75) is 19.3 Å². The van der Waals surface area contributed by atoms with Crippen molar-refractivity contribution in [1.82, 2.24) is 0 Å². The topological polar surface area (TPSA) is 66.4 Å². The van der Waals surface area contributed by atoms with Crippen LogP contribution in [0.15, 0.2) is 18.2 Å². The molecule has 4 unspecified atom stereocenters. The second-order valence-corrected chi connectivity index (χ2v) is 6.68. The summed E-state index contributed by atoms with van der Waals surface area (Å²) in [4.78, 5) is 24.0. The van der Waals surface area contributed by atoms with Crippen molar-refractivity contribution in [2.75, 3.05) is 5.32 Å². The van der Waals surface area contributed by atoms with Crippen molar-refractivity contribution >= 4 is 40.8 Å². The van der Waals surface area contributed by atoms with Gasteiger partial charge in [0.2, 0.25) is 5.91 Å². The molecule has 2 bridgehead atoms. The number of carbonyl (C=O) groups excluding carboxylic acids is 1. The van der Waals surface area contributed by atoms with Gasteiger partial charge in [-0.3, -0.25) is 9.59 Å². The van der Waals surface area contributed by atoms with Gasteiger partial charge in [0, 0.05) is 5.02 Å².